The molecule has 2 aromatic heterocycles. The lowest BCUT2D eigenvalue weighted by Crippen LogP contribution is -1.91. The molecule has 1 aromatic carbocycles. The number of anilines is 1. The average Bonchev–Trinajstić information content (AvgIpc) is 2.74. The van der Waals surface area contributed by atoms with Gasteiger partial charge in [0.05, 0.1) is 0 Å². The molecule has 0 aliphatic rings. The van der Waals surface area contributed by atoms with Gasteiger partial charge in [-0.05, 0) is 34.1 Å². The number of fused-ring (bicyclic) bond motifs is 1. The summed E-state index contributed by atoms with van der Waals surface area (Å²) in [6, 6.07) is 4.36. The molecule has 0 saturated heterocycles. The quantitative estimate of drug-likeness (QED) is 0.724. The Hall–Kier alpha value is -2.02. The maximum Gasteiger partial charge on any atom is 0.183 e. The monoisotopic (exact) mass is 307 g/mol. The van der Waals surface area contributed by atoms with Crippen LogP contribution in [0.25, 0.3) is 22.6 Å². The van der Waals surface area contributed by atoms with Gasteiger partial charge in [0.15, 0.2) is 11.5 Å². The predicted octanol–water partition coefficient (Wildman–Crippen LogP) is 2.50. The van der Waals surface area contributed by atoms with Crippen LogP contribution in [-0.2, 0) is 0 Å². The van der Waals surface area contributed by atoms with Crippen molar-refractivity contribution in [2.24, 2.45) is 0 Å². The van der Waals surface area contributed by atoms with Crippen LogP contribution in [0.4, 0.5) is 10.2 Å². The second-order valence-corrected chi connectivity index (χ2v) is 4.52. The van der Waals surface area contributed by atoms with Gasteiger partial charge in [-0.2, -0.15) is 0 Å². The number of H-pyrrole nitrogens is 1. The minimum Gasteiger partial charge on any atom is -0.382 e. The minimum absolute atomic E-state index is 0.318. The highest BCUT2D eigenvalue weighted by atomic mass is 79.9. The van der Waals surface area contributed by atoms with Crippen molar-refractivity contribution in [1.82, 2.24) is 19.9 Å². The summed E-state index contributed by atoms with van der Waals surface area (Å²) in [6.07, 6.45) is 1.35. The van der Waals surface area contributed by atoms with Gasteiger partial charge >= 0.3 is 0 Å². The largest absolute Gasteiger partial charge is 0.382 e. The zero-order valence-electron chi connectivity index (χ0n) is 8.98. The van der Waals surface area contributed by atoms with Crippen molar-refractivity contribution in [2.75, 3.05) is 5.73 Å². The molecule has 0 fully saturated rings. The van der Waals surface area contributed by atoms with E-state index in [1.807, 2.05) is 0 Å². The average molecular weight is 308 g/mol. The fraction of sp³-hybridized carbons (Fsp3) is 0. The van der Waals surface area contributed by atoms with Crippen LogP contribution in [0.3, 0.4) is 0 Å². The number of hydrogen-bond donors (Lipinski definition) is 2. The zero-order chi connectivity index (χ0) is 12.7. The summed E-state index contributed by atoms with van der Waals surface area (Å²) in [7, 11) is 0. The van der Waals surface area contributed by atoms with Gasteiger partial charge in [-0.25, -0.2) is 19.3 Å². The maximum absolute atomic E-state index is 13.0. The van der Waals surface area contributed by atoms with E-state index in [4.69, 9.17) is 5.73 Å². The van der Waals surface area contributed by atoms with Crippen molar-refractivity contribution in [2.45, 2.75) is 0 Å². The molecule has 0 unspecified atom stereocenters. The van der Waals surface area contributed by atoms with E-state index in [0.717, 1.165) is 5.56 Å². The number of nitrogens with one attached hydrogen (secondary N) is 1. The molecule has 0 radical (unpaired) electrons. The van der Waals surface area contributed by atoms with Crippen molar-refractivity contribution >= 4 is 32.9 Å². The SMILES string of the molecule is Nc1ncnc2nc(-c3ccc(F)cc3Br)[nH]c12. The third-order valence-electron chi connectivity index (χ3n) is 2.50. The number of aromatic nitrogens is 4. The molecule has 0 atom stereocenters. The zero-order valence-corrected chi connectivity index (χ0v) is 10.6. The summed E-state index contributed by atoms with van der Waals surface area (Å²) in [5, 5.41) is 0. The lowest BCUT2D eigenvalue weighted by molar-refractivity contribution is 0.627. The van der Waals surface area contributed by atoms with Crippen molar-refractivity contribution < 1.29 is 4.39 Å². The Bertz CT molecular complexity index is 739. The first-order valence-corrected chi connectivity index (χ1v) is 5.86. The summed E-state index contributed by atoms with van der Waals surface area (Å²) in [5.41, 5.74) is 7.50. The van der Waals surface area contributed by atoms with Gasteiger partial charge < -0.3 is 10.7 Å². The highest BCUT2D eigenvalue weighted by Crippen LogP contribution is 2.28. The Balaban J connectivity index is 2.23. The highest BCUT2D eigenvalue weighted by Gasteiger charge is 2.11. The standard InChI is InChI=1S/C11H7BrFN5/c12-7-3-5(13)1-2-6(7)10-17-8-9(14)15-4-16-11(8)18-10/h1-4H,(H3,14,15,16,17,18). The molecule has 0 saturated carbocycles. The van der Waals surface area contributed by atoms with E-state index in [-0.39, 0.29) is 5.82 Å². The van der Waals surface area contributed by atoms with Crippen LogP contribution in [0.1, 0.15) is 0 Å². The molecule has 3 rings (SSSR count). The van der Waals surface area contributed by atoms with Gasteiger partial charge in [0.1, 0.15) is 23.5 Å². The van der Waals surface area contributed by atoms with E-state index >= 15 is 0 Å². The number of hydrogen-bond acceptors (Lipinski definition) is 4. The second-order valence-electron chi connectivity index (χ2n) is 3.67. The van der Waals surface area contributed by atoms with Crippen LogP contribution in [0.5, 0.6) is 0 Å². The van der Waals surface area contributed by atoms with Gasteiger partial charge in [-0.1, -0.05) is 0 Å². The Morgan fingerprint density at radius 2 is 2.11 bits per heavy atom. The molecule has 3 N–H and O–H groups in total. The van der Waals surface area contributed by atoms with Crippen LogP contribution in [0, 0.1) is 5.82 Å². The molecule has 5 nitrogen and oxygen atoms in total. The minimum atomic E-state index is -0.318. The maximum atomic E-state index is 13.0. The molecule has 0 spiro atoms. The lowest BCUT2D eigenvalue weighted by atomic mass is 10.2. The van der Waals surface area contributed by atoms with Gasteiger partial charge in [0.2, 0.25) is 0 Å². The third-order valence-corrected chi connectivity index (χ3v) is 3.16. The first-order valence-electron chi connectivity index (χ1n) is 5.07. The van der Waals surface area contributed by atoms with Gasteiger partial charge in [0.25, 0.3) is 0 Å². The highest BCUT2D eigenvalue weighted by molar-refractivity contribution is 9.10. The number of nitrogens with two attached hydrogens (primary N) is 1. The molecule has 18 heavy (non-hydrogen) atoms. The second kappa shape index (κ2) is 4.02. The Labute approximate surface area is 109 Å². The van der Waals surface area contributed by atoms with Crippen LogP contribution in [0.15, 0.2) is 29.0 Å². The van der Waals surface area contributed by atoms with Gasteiger partial charge in [-0.3, -0.25) is 0 Å². The molecular formula is C11H7BrFN5. The number of halogens is 2. The van der Waals surface area contributed by atoms with Crippen molar-refractivity contribution in [3.63, 3.8) is 0 Å². The molecule has 90 valence electrons. The number of rotatable bonds is 1. The van der Waals surface area contributed by atoms with E-state index in [2.05, 4.69) is 35.9 Å². The number of benzene rings is 1. The molecule has 7 heteroatoms. The fourth-order valence-electron chi connectivity index (χ4n) is 1.66. The Morgan fingerprint density at radius 3 is 2.83 bits per heavy atom. The van der Waals surface area contributed by atoms with Crippen LogP contribution >= 0.6 is 15.9 Å². The predicted molar refractivity (Wildman–Crippen MR) is 69.2 cm³/mol. The topological polar surface area (TPSA) is 80.5 Å². The smallest absolute Gasteiger partial charge is 0.183 e. The molecule has 0 aliphatic heterocycles. The van der Waals surface area contributed by atoms with E-state index in [1.165, 1.54) is 18.5 Å². The van der Waals surface area contributed by atoms with E-state index in [9.17, 15) is 4.39 Å². The van der Waals surface area contributed by atoms with Crippen LogP contribution < -0.4 is 5.73 Å². The molecular weight excluding hydrogens is 301 g/mol. The summed E-state index contributed by atoms with van der Waals surface area (Å²) in [6.45, 7) is 0. The van der Waals surface area contributed by atoms with Crippen LogP contribution in [0.2, 0.25) is 0 Å². The Kier molecular flexibility index (Phi) is 2.48. The molecule has 3 aromatic rings. The van der Waals surface area contributed by atoms with Crippen molar-refractivity contribution in [3.8, 4) is 11.4 Å². The summed E-state index contributed by atoms with van der Waals surface area (Å²) in [4.78, 5) is 15.2. The van der Waals surface area contributed by atoms with Crippen molar-refractivity contribution in [3.05, 3.63) is 34.8 Å². The third kappa shape index (κ3) is 1.72. The normalized spacial score (nSPS) is 11.0. The first-order chi connectivity index (χ1) is 8.65. The summed E-state index contributed by atoms with van der Waals surface area (Å²) in [5.74, 6) is 0.571. The molecule has 2 heterocycles. The number of nitrogen functional groups attached to an aromatic ring is 1. The van der Waals surface area contributed by atoms with E-state index < -0.39 is 0 Å². The number of aromatic amines is 1. The summed E-state index contributed by atoms with van der Waals surface area (Å²) >= 11 is 3.29. The number of imidazole rings is 1. The van der Waals surface area contributed by atoms with Gasteiger partial charge in [-0.15, -0.1) is 0 Å². The Morgan fingerprint density at radius 1 is 1.28 bits per heavy atom. The molecule has 0 bridgehead atoms. The number of nitrogens with zero attached hydrogens (tertiary/aromatic N) is 3. The summed E-state index contributed by atoms with van der Waals surface area (Å²) < 4.78 is 13.6. The van der Waals surface area contributed by atoms with Crippen LogP contribution in [-0.4, -0.2) is 19.9 Å². The van der Waals surface area contributed by atoms with Gasteiger partial charge in [0, 0.05) is 10.0 Å². The van der Waals surface area contributed by atoms with Crippen molar-refractivity contribution in [1.29, 1.82) is 0 Å². The molecule has 0 amide bonds. The fourth-order valence-corrected chi connectivity index (χ4v) is 2.19. The molecule has 0 aliphatic carbocycles. The van der Waals surface area contributed by atoms with E-state index in [0.29, 0.717) is 27.3 Å². The van der Waals surface area contributed by atoms with E-state index in [1.54, 1.807) is 6.07 Å². The first kappa shape index (κ1) is 11.1. The lowest BCUT2D eigenvalue weighted by Gasteiger charge is -2.00.